The third kappa shape index (κ3) is 4.88. The molecule has 0 bridgehead atoms. The Kier molecular flexibility index (Phi) is 7.72. The van der Waals surface area contributed by atoms with Gasteiger partial charge < -0.3 is 18.9 Å². The van der Waals surface area contributed by atoms with Gasteiger partial charge in [0.15, 0.2) is 0 Å². The highest BCUT2D eigenvalue weighted by Gasteiger charge is 2.35. The van der Waals surface area contributed by atoms with E-state index >= 15 is 0 Å². The van der Waals surface area contributed by atoms with Crippen molar-refractivity contribution in [3.05, 3.63) is 82.9 Å². The summed E-state index contributed by atoms with van der Waals surface area (Å²) in [6, 6.07) is 20.9. The summed E-state index contributed by atoms with van der Waals surface area (Å²) in [6.45, 7) is 8.84. The number of esters is 1. The SMILES string of the molecule is COc1cc(OC)c2c(c1-c1ccc(OC(C)=O)c3c(OC)cc(C)cc13)C[C@@H](C)N(Cc1ccccc1)[C@@H]2C. The molecule has 40 heavy (non-hydrogen) atoms. The largest absolute Gasteiger partial charge is 0.496 e. The highest BCUT2D eigenvalue weighted by atomic mass is 16.5. The van der Waals surface area contributed by atoms with Crippen LogP contribution < -0.4 is 18.9 Å². The number of ether oxygens (including phenoxy) is 4. The summed E-state index contributed by atoms with van der Waals surface area (Å²) >= 11 is 0. The summed E-state index contributed by atoms with van der Waals surface area (Å²) in [4.78, 5) is 14.5. The Morgan fingerprint density at radius 3 is 2.23 bits per heavy atom. The van der Waals surface area contributed by atoms with Crippen LogP contribution >= 0.6 is 0 Å². The Morgan fingerprint density at radius 2 is 1.57 bits per heavy atom. The van der Waals surface area contributed by atoms with Gasteiger partial charge in [0.2, 0.25) is 0 Å². The molecule has 0 saturated heterocycles. The van der Waals surface area contributed by atoms with Crippen LogP contribution in [0, 0.1) is 6.92 Å². The van der Waals surface area contributed by atoms with Gasteiger partial charge in [-0.2, -0.15) is 0 Å². The van der Waals surface area contributed by atoms with E-state index in [2.05, 4.69) is 55.1 Å². The Morgan fingerprint density at radius 1 is 0.875 bits per heavy atom. The predicted molar refractivity (Wildman–Crippen MR) is 159 cm³/mol. The fourth-order valence-corrected chi connectivity index (χ4v) is 6.21. The van der Waals surface area contributed by atoms with Crippen LogP contribution in [0.3, 0.4) is 0 Å². The lowest BCUT2D eigenvalue weighted by molar-refractivity contribution is -0.131. The lowest BCUT2D eigenvalue weighted by Gasteiger charge is -2.42. The fourth-order valence-electron chi connectivity index (χ4n) is 6.21. The van der Waals surface area contributed by atoms with Crippen molar-refractivity contribution < 1.29 is 23.7 Å². The average Bonchev–Trinajstić information content (AvgIpc) is 2.94. The zero-order chi connectivity index (χ0) is 28.6. The lowest BCUT2D eigenvalue weighted by atomic mass is 9.81. The van der Waals surface area contributed by atoms with Crippen molar-refractivity contribution in [3.8, 4) is 34.1 Å². The Hall–Kier alpha value is -4.03. The van der Waals surface area contributed by atoms with Crippen molar-refractivity contribution in [1.29, 1.82) is 0 Å². The van der Waals surface area contributed by atoms with E-state index in [1.807, 2.05) is 31.2 Å². The molecule has 0 aromatic heterocycles. The maximum absolute atomic E-state index is 12.0. The summed E-state index contributed by atoms with van der Waals surface area (Å²) in [7, 11) is 5.06. The van der Waals surface area contributed by atoms with Crippen LogP contribution in [-0.2, 0) is 17.8 Å². The number of fused-ring (bicyclic) bond motifs is 2. The average molecular weight is 540 g/mol. The van der Waals surface area contributed by atoms with Gasteiger partial charge in [-0.3, -0.25) is 9.69 Å². The number of nitrogens with zero attached hydrogens (tertiary/aromatic N) is 1. The topological polar surface area (TPSA) is 57.2 Å². The zero-order valence-electron chi connectivity index (χ0n) is 24.3. The van der Waals surface area contributed by atoms with Crippen LogP contribution in [0.25, 0.3) is 21.9 Å². The number of aryl methyl sites for hydroxylation is 1. The van der Waals surface area contributed by atoms with Gasteiger partial charge in [0.1, 0.15) is 23.0 Å². The van der Waals surface area contributed by atoms with Gasteiger partial charge in [-0.05, 0) is 73.0 Å². The van der Waals surface area contributed by atoms with Crippen LogP contribution in [-0.4, -0.2) is 38.2 Å². The molecule has 0 aliphatic carbocycles. The van der Waals surface area contributed by atoms with Gasteiger partial charge in [0.05, 0.1) is 26.7 Å². The quantitative estimate of drug-likeness (QED) is 0.182. The third-order valence-corrected chi connectivity index (χ3v) is 7.96. The number of carbonyl (C=O) groups excluding carboxylic acids is 1. The fraction of sp³-hybridized carbons (Fsp3) is 0.324. The number of carbonyl (C=O) groups is 1. The number of hydrogen-bond donors (Lipinski definition) is 0. The lowest BCUT2D eigenvalue weighted by Crippen LogP contribution is -2.41. The molecule has 208 valence electrons. The summed E-state index contributed by atoms with van der Waals surface area (Å²) in [5, 5.41) is 1.70. The molecule has 1 heterocycles. The number of hydrogen-bond acceptors (Lipinski definition) is 6. The second-order valence-corrected chi connectivity index (χ2v) is 10.5. The van der Waals surface area contributed by atoms with Crippen LogP contribution in [0.15, 0.2) is 60.7 Å². The standard InChI is InChI=1S/C34H37NO5/c1-20-15-26-25(13-14-28(40-23(4)36)34(26)29(16-20)37-5)33-27-17-21(2)35(19-24-11-9-8-10-12-24)22(3)32(27)30(38-6)18-31(33)39-7/h8-16,18,21-22H,17,19H2,1-7H3/t21-,22-/m1/s1. The smallest absolute Gasteiger partial charge is 0.308 e. The normalized spacial score (nSPS) is 16.9. The molecule has 0 N–H and O–H groups in total. The van der Waals surface area contributed by atoms with Crippen molar-refractivity contribution in [2.45, 2.75) is 52.7 Å². The minimum absolute atomic E-state index is 0.112. The van der Waals surface area contributed by atoms with Crippen molar-refractivity contribution in [3.63, 3.8) is 0 Å². The molecule has 4 aromatic carbocycles. The summed E-state index contributed by atoms with van der Waals surface area (Å²) in [5.74, 6) is 2.32. The van der Waals surface area contributed by atoms with Gasteiger partial charge >= 0.3 is 5.97 Å². The molecule has 5 rings (SSSR count). The first-order valence-electron chi connectivity index (χ1n) is 13.6. The zero-order valence-corrected chi connectivity index (χ0v) is 24.3. The maximum Gasteiger partial charge on any atom is 0.308 e. The molecule has 0 amide bonds. The first-order valence-corrected chi connectivity index (χ1v) is 13.6. The minimum atomic E-state index is -0.378. The number of rotatable bonds is 7. The second kappa shape index (κ2) is 11.2. The van der Waals surface area contributed by atoms with Gasteiger partial charge in [-0.15, -0.1) is 0 Å². The summed E-state index contributed by atoms with van der Waals surface area (Å²) in [5.41, 5.74) is 6.74. The van der Waals surface area contributed by atoms with Gasteiger partial charge in [-0.25, -0.2) is 0 Å². The van der Waals surface area contributed by atoms with E-state index < -0.39 is 0 Å². The van der Waals surface area contributed by atoms with Crippen LogP contribution in [0.1, 0.15) is 49.1 Å². The maximum atomic E-state index is 12.0. The van der Waals surface area contributed by atoms with Gasteiger partial charge in [0, 0.05) is 42.7 Å². The van der Waals surface area contributed by atoms with Gasteiger partial charge in [0.25, 0.3) is 0 Å². The molecule has 2 atom stereocenters. The Bertz CT molecular complexity index is 1560. The van der Waals surface area contributed by atoms with E-state index in [1.54, 1.807) is 21.3 Å². The molecule has 1 aliphatic heterocycles. The highest BCUT2D eigenvalue weighted by molar-refractivity contribution is 6.06. The molecular formula is C34H37NO5. The molecule has 4 aromatic rings. The van der Waals surface area contributed by atoms with E-state index in [9.17, 15) is 4.79 Å². The Labute approximate surface area is 236 Å². The summed E-state index contributed by atoms with van der Waals surface area (Å²) in [6.07, 6.45) is 0.825. The van der Waals surface area contributed by atoms with Crippen molar-refractivity contribution in [1.82, 2.24) is 4.90 Å². The molecule has 0 saturated carbocycles. The van der Waals surface area contributed by atoms with Crippen molar-refractivity contribution >= 4 is 16.7 Å². The number of benzene rings is 4. The number of methoxy groups -OCH3 is 3. The molecular weight excluding hydrogens is 502 g/mol. The summed E-state index contributed by atoms with van der Waals surface area (Å²) < 4.78 is 23.4. The predicted octanol–water partition coefficient (Wildman–Crippen LogP) is 7.27. The van der Waals surface area contributed by atoms with Gasteiger partial charge in [-0.1, -0.05) is 36.4 Å². The first-order chi connectivity index (χ1) is 19.3. The monoisotopic (exact) mass is 539 g/mol. The van der Waals surface area contributed by atoms with E-state index in [0.29, 0.717) is 11.5 Å². The van der Waals surface area contributed by atoms with Crippen molar-refractivity contribution in [2.75, 3.05) is 21.3 Å². The molecule has 6 heteroatoms. The third-order valence-electron chi connectivity index (χ3n) is 7.96. The molecule has 0 radical (unpaired) electrons. The minimum Gasteiger partial charge on any atom is -0.496 e. The molecule has 1 aliphatic rings. The molecule has 6 nitrogen and oxygen atoms in total. The molecule has 0 fully saturated rings. The molecule has 0 spiro atoms. The van der Waals surface area contributed by atoms with Crippen molar-refractivity contribution in [2.24, 2.45) is 0 Å². The van der Waals surface area contributed by atoms with Crippen LogP contribution in [0.2, 0.25) is 0 Å². The van der Waals surface area contributed by atoms with Crippen LogP contribution in [0.5, 0.6) is 23.0 Å². The van der Waals surface area contributed by atoms with E-state index in [-0.39, 0.29) is 18.1 Å². The van der Waals surface area contributed by atoms with E-state index in [4.69, 9.17) is 18.9 Å². The van der Waals surface area contributed by atoms with Crippen LogP contribution in [0.4, 0.5) is 0 Å². The molecule has 0 unspecified atom stereocenters. The van der Waals surface area contributed by atoms with E-state index in [0.717, 1.165) is 51.9 Å². The second-order valence-electron chi connectivity index (χ2n) is 10.5. The first kappa shape index (κ1) is 27.5. The van der Waals surface area contributed by atoms with E-state index in [1.165, 1.54) is 23.6 Å². The highest BCUT2D eigenvalue weighted by Crippen LogP contribution is 2.51. The Balaban J connectivity index is 1.77.